The van der Waals surface area contributed by atoms with Crippen LogP contribution in [0.15, 0.2) is 24.8 Å². The second-order valence-electron chi connectivity index (χ2n) is 11.6. The summed E-state index contributed by atoms with van der Waals surface area (Å²) < 4.78 is 0. The number of nitrogens with zero attached hydrogens (tertiary/aromatic N) is 1. The average Bonchev–Trinajstić information content (AvgIpc) is 2.86. The van der Waals surface area contributed by atoms with Crippen LogP contribution >= 0.6 is 0 Å². The zero-order chi connectivity index (χ0) is 27.9. The summed E-state index contributed by atoms with van der Waals surface area (Å²) in [7, 11) is 2.19. The van der Waals surface area contributed by atoms with Gasteiger partial charge in [0, 0.05) is 13.1 Å². The van der Waals surface area contributed by atoms with E-state index < -0.39 is 0 Å². The van der Waals surface area contributed by atoms with E-state index in [1.165, 1.54) is 115 Å². The summed E-state index contributed by atoms with van der Waals surface area (Å²) in [6, 6.07) is 0. The minimum absolute atomic E-state index is 0.873. The highest BCUT2D eigenvalue weighted by Crippen LogP contribution is 2.15. The van der Waals surface area contributed by atoms with Gasteiger partial charge in [-0.15, -0.1) is 6.58 Å². The van der Waals surface area contributed by atoms with Crippen molar-refractivity contribution in [3.63, 3.8) is 0 Å². The fourth-order valence-corrected chi connectivity index (χ4v) is 4.22. The molecule has 218 valence electrons. The zero-order valence-corrected chi connectivity index (χ0v) is 26.9. The van der Waals surface area contributed by atoms with Crippen LogP contribution in [0.4, 0.5) is 0 Å². The summed E-state index contributed by atoms with van der Waals surface area (Å²) in [6.07, 6.45) is 28.2. The third-order valence-electron chi connectivity index (χ3n) is 6.76. The summed E-state index contributed by atoms with van der Waals surface area (Å²) >= 11 is 0. The largest absolute Gasteiger partial charge is 0.306 e. The van der Waals surface area contributed by atoms with Gasteiger partial charge in [0.05, 0.1) is 0 Å². The maximum atomic E-state index is 4.23. The van der Waals surface area contributed by atoms with Gasteiger partial charge in [0.1, 0.15) is 0 Å². The van der Waals surface area contributed by atoms with Crippen molar-refractivity contribution in [1.82, 2.24) is 4.90 Å². The molecular weight excluding hydrogens is 434 g/mol. The van der Waals surface area contributed by atoms with Gasteiger partial charge in [0.15, 0.2) is 0 Å². The summed E-state index contributed by atoms with van der Waals surface area (Å²) in [5, 5.41) is 0. The van der Waals surface area contributed by atoms with Gasteiger partial charge in [0.25, 0.3) is 0 Å². The number of hydrogen-bond acceptors (Lipinski definition) is 1. The Morgan fingerprint density at radius 3 is 1.47 bits per heavy atom. The molecule has 0 saturated carbocycles. The Labute approximate surface area is 232 Å². The molecule has 0 aliphatic heterocycles. The van der Waals surface area contributed by atoms with Gasteiger partial charge in [-0.3, -0.25) is 0 Å². The van der Waals surface area contributed by atoms with Crippen LogP contribution in [0.25, 0.3) is 0 Å². The van der Waals surface area contributed by atoms with Crippen molar-refractivity contribution in [2.45, 2.75) is 170 Å². The van der Waals surface area contributed by atoms with Crippen LogP contribution in [-0.2, 0) is 0 Å². The lowest BCUT2D eigenvalue weighted by atomic mass is 10.0. The van der Waals surface area contributed by atoms with Crippen molar-refractivity contribution < 1.29 is 0 Å². The summed E-state index contributed by atoms with van der Waals surface area (Å²) in [5.41, 5.74) is 1.43. The predicted molar refractivity (Wildman–Crippen MR) is 171 cm³/mol. The van der Waals surface area contributed by atoms with Crippen LogP contribution < -0.4 is 0 Å². The van der Waals surface area contributed by atoms with Gasteiger partial charge in [-0.1, -0.05) is 163 Å². The Morgan fingerprint density at radius 1 is 0.639 bits per heavy atom. The molecule has 1 nitrogen and oxygen atoms in total. The molecular formula is C35H73N. The highest BCUT2D eigenvalue weighted by atomic mass is 15.1. The Balaban J connectivity index is -0.000000622. The maximum Gasteiger partial charge on any atom is 0.00155 e. The highest BCUT2D eigenvalue weighted by Gasteiger charge is 2.00. The van der Waals surface area contributed by atoms with Crippen molar-refractivity contribution in [2.75, 3.05) is 20.1 Å². The van der Waals surface area contributed by atoms with E-state index in [1.54, 1.807) is 0 Å². The van der Waals surface area contributed by atoms with Crippen LogP contribution in [0.1, 0.15) is 170 Å². The Morgan fingerprint density at radius 2 is 1.06 bits per heavy atom. The van der Waals surface area contributed by atoms with Crippen molar-refractivity contribution in [2.24, 2.45) is 11.8 Å². The molecule has 0 heterocycles. The lowest BCUT2D eigenvalue weighted by Gasteiger charge is -2.16. The Hall–Kier alpha value is -0.560. The molecule has 0 aromatic heterocycles. The molecule has 0 N–H and O–H groups in total. The second-order valence-corrected chi connectivity index (χ2v) is 11.6. The molecule has 0 fully saturated rings. The summed E-state index contributed by atoms with van der Waals surface area (Å²) in [4.78, 5) is 2.38. The van der Waals surface area contributed by atoms with Gasteiger partial charge in [-0.2, -0.15) is 0 Å². The molecule has 0 aliphatic carbocycles. The van der Waals surface area contributed by atoms with Crippen LogP contribution in [0.5, 0.6) is 0 Å². The minimum atomic E-state index is 0.873. The standard InChI is InChI=1S/C20H39N.C13H28.C2H6/c1-6-7-17-21(5)18-16-20(4)15-13-11-9-8-10-12-14-19(2)3;1-4-5-6-7-8-9-10-11-12-13(2)3;1-2/h6,19H,1,4,7-18H2,2-3,5H3;13H,4-12H2,1-3H3;1-2H3. The molecule has 0 aliphatic rings. The smallest absolute Gasteiger partial charge is 0.00155 e. The molecule has 0 amide bonds. The van der Waals surface area contributed by atoms with E-state index in [1.807, 2.05) is 19.9 Å². The monoisotopic (exact) mass is 508 g/mol. The predicted octanol–water partition coefficient (Wildman–Crippen LogP) is 12.4. The van der Waals surface area contributed by atoms with Gasteiger partial charge >= 0.3 is 0 Å². The quantitative estimate of drug-likeness (QED) is 0.0927. The van der Waals surface area contributed by atoms with Gasteiger partial charge in [-0.05, 0) is 44.6 Å². The lowest BCUT2D eigenvalue weighted by Crippen LogP contribution is -2.20. The molecule has 0 aromatic carbocycles. The van der Waals surface area contributed by atoms with Crippen molar-refractivity contribution in [1.29, 1.82) is 0 Å². The van der Waals surface area contributed by atoms with Gasteiger partial charge in [-0.25, -0.2) is 0 Å². The maximum absolute atomic E-state index is 4.23. The number of hydrogen-bond donors (Lipinski definition) is 0. The molecule has 0 atom stereocenters. The first-order chi connectivity index (χ1) is 17.3. The minimum Gasteiger partial charge on any atom is -0.306 e. The lowest BCUT2D eigenvalue weighted by molar-refractivity contribution is 0.343. The van der Waals surface area contributed by atoms with Crippen LogP contribution in [-0.4, -0.2) is 25.0 Å². The molecule has 0 bridgehead atoms. The molecule has 0 rings (SSSR count). The average molecular weight is 508 g/mol. The first-order valence-electron chi connectivity index (χ1n) is 16.3. The highest BCUT2D eigenvalue weighted by molar-refractivity contribution is 4.94. The van der Waals surface area contributed by atoms with E-state index in [4.69, 9.17) is 0 Å². The topological polar surface area (TPSA) is 3.24 Å². The van der Waals surface area contributed by atoms with Gasteiger partial charge < -0.3 is 4.90 Å². The normalized spacial score (nSPS) is 10.8. The Bertz CT molecular complexity index is 409. The fraction of sp³-hybridized carbons (Fsp3) is 0.886. The van der Waals surface area contributed by atoms with E-state index in [0.717, 1.165) is 37.8 Å². The van der Waals surface area contributed by atoms with Gasteiger partial charge in [0.2, 0.25) is 0 Å². The SMILES string of the molecule is C=CCCN(C)CCC(=C)CCCCCCCCC(C)C.CC.CCCCCCCCCCC(C)C. The van der Waals surface area contributed by atoms with Crippen LogP contribution in [0, 0.1) is 11.8 Å². The van der Waals surface area contributed by atoms with Crippen molar-refractivity contribution >= 4 is 0 Å². The molecule has 0 saturated heterocycles. The number of rotatable bonds is 24. The zero-order valence-electron chi connectivity index (χ0n) is 26.9. The van der Waals surface area contributed by atoms with Crippen molar-refractivity contribution in [3.05, 3.63) is 24.8 Å². The van der Waals surface area contributed by atoms with E-state index in [2.05, 4.69) is 59.7 Å². The van der Waals surface area contributed by atoms with E-state index in [9.17, 15) is 0 Å². The summed E-state index contributed by atoms with van der Waals surface area (Å²) in [5.74, 6) is 1.78. The number of unbranched alkanes of at least 4 members (excludes halogenated alkanes) is 12. The molecule has 1 heteroatoms. The summed E-state index contributed by atoms with van der Waals surface area (Å²) in [6.45, 7) is 25.8. The van der Waals surface area contributed by atoms with Crippen molar-refractivity contribution in [3.8, 4) is 0 Å². The third-order valence-corrected chi connectivity index (χ3v) is 6.76. The van der Waals surface area contributed by atoms with E-state index >= 15 is 0 Å². The molecule has 0 unspecified atom stereocenters. The van der Waals surface area contributed by atoms with E-state index in [0.29, 0.717) is 0 Å². The van der Waals surface area contributed by atoms with Crippen LogP contribution in [0.3, 0.4) is 0 Å². The van der Waals surface area contributed by atoms with E-state index in [-0.39, 0.29) is 0 Å². The van der Waals surface area contributed by atoms with Crippen LogP contribution in [0.2, 0.25) is 0 Å². The fourth-order valence-electron chi connectivity index (χ4n) is 4.22. The Kier molecular flexibility index (Phi) is 38.2. The molecule has 0 aromatic rings. The molecule has 0 radical (unpaired) electrons. The molecule has 0 spiro atoms. The first-order valence-corrected chi connectivity index (χ1v) is 16.3. The first kappa shape index (κ1) is 39.9. The third kappa shape index (κ3) is 40.6. The molecule has 36 heavy (non-hydrogen) atoms. The second kappa shape index (κ2) is 34.4.